The van der Waals surface area contributed by atoms with E-state index in [1.54, 1.807) is 12.4 Å². The van der Waals surface area contributed by atoms with Crippen LogP contribution in [0.1, 0.15) is 5.56 Å². The second-order valence-corrected chi connectivity index (χ2v) is 4.75. The average Bonchev–Trinajstić information content (AvgIpc) is 3.05. The summed E-state index contributed by atoms with van der Waals surface area (Å²) in [6.45, 7) is 0.849. The molecule has 0 aliphatic carbocycles. The molecule has 0 radical (unpaired) electrons. The van der Waals surface area contributed by atoms with E-state index in [9.17, 15) is 0 Å². The molecular weight excluding hydrogens is 240 g/mol. The van der Waals surface area contributed by atoms with Gasteiger partial charge in [-0.1, -0.05) is 0 Å². The van der Waals surface area contributed by atoms with E-state index in [1.165, 1.54) is 11.1 Å². The fraction of sp³-hybridized carbons (Fsp3) is 0.0714. The molecule has 0 bridgehead atoms. The monoisotopic (exact) mass is 249 g/mol. The summed E-state index contributed by atoms with van der Waals surface area (Å²) in [6.07, 6.45) is 9.36. The number of oxazole rings is 1. The first-order valence-electron chi connectivity index (χ1n) is 6.12. The van der Waals surface area contributed by atoms with E-state index in [0.29, 0.717) is 0 Å². The molecule has 19 heavy (non-hydrogen) atoms. The Hall–Kier alpha value is -2.69. The lowest BCUT2D eigenvalue weighted by atomic mass is 10.1. The maximum absolute atomic E-state index is 5.95. The SMILES string of the molecule is c1cc2c(cn1)C[n+]1cn3c(oc4cnccc43)c1-2. The second-order valence-electron chi connectivity index (χ2n) is 4.75. The molecule has 5 heterocycles. The summed E-state index contributed by atoms with van der Waals surface area (Å²) in [6, 6.07) is 4.01. The maximum Gasteiger partial charge on any atom is 0.344 e. The molecule has 0 atom stereocenters. The maximum atomic E-state index is 5.95. The van der Waals surface area contributed by atoms with Gasteiger partial charge in [-0.05, 0) is 6.07 Å². The van der Waals surface area contributed by atoms with E-state index in [4.69, 9.17) is 4.42 Å². The van der Waals surface area contributed by atoms with Crippen molar-refractivity contribution in [2.45, 2.75) is 6.54 Å². The minimum absolute atomic E-state index is 0.809. The van der Waals surface area contributed by atoms with Gasteiger partial charge in [0.15, 0.2) is 11.1 Å². The van der Waals surface area contributed by atoms with Crippen LogP contribution < -0.4 is 4.57 Å². The molecule has 90 valence electrons. The summed E-state index contributed by atoms with van der Waals surface area (Å²) in [7, 11) is 0. The quantitative estimate of drug-likeness (QED) is 0.393. The third kappa shape index (κ3) is 1.03. The predicted molar refractivity (Wildman–Crippen MR) is 67.5 cm³/mol. The fourth-order valence-electron chi connectivity index (χ4n) is 2.87. The van der Waals surface area contributed by atoms with Gasteiger partial charge in [-0.3, -0.25) is 9.97 Å². The largest absolute Gasteiger partial charge is 0.413 e. The lowest BCUT2D eigenvalue weighted by molar-refractivity contribution is -0.671. The zero-order chi connectivity index (χ0) is 12.4. The lowest BCUT2D eigenvalue weighted by Crippen LogP contribution is -2.29. The van der Waals surface area contributed by atoms with E-state index in [0.717, 1.165) is 29.1 Å². The molecule has 0 N–H and O–H groups in total. The van der Waals surface area contributed by atoms with Gasteiger partial charge < -0.3 is 4.42 Å². The standard InChI is InChI=1S/C14H9N4O/c1-3-15-5-9-7-17-8-18-11-2-4-16-6-12(11)19-14(18)13(17)10(1)9/h1-6,8H,7H2/q+1. The fourth-order valence-corrected chi connectivity index (χ4v) is 2.87. The van der Waals surface area contributed by atoms with E-state index >= 15 is 0 Å². The average molecular weight is 249 g/mol. The highest BCUT2D eigenvalue weighted by molar-refractivity contribution is 5.82. The number of hydrogen-bond acceptors (Lipinski definition) is 3. The smallest absolute Gasteiger partial charge is 0.344 e. The van der Waals surface area contributed by atoms with Gasteiger partial charge in [-0.2, -0.15) is 4.40 Å². The van der Waals surface area contributed by atoms with Crippen molar-refractivity contribution in [2.75, 3.05) is 0 Å². The molecule has 5 rings (SSSR count). The highest BCUT2D eigenvalue weighted by Crippen LogP contribution is 2.32. The van der Waals surface area contributed by atoms with Crippen LogP contribution in [0.2, 0.25) is 0 Å². The van der Waals surface area contributed by atoms with Crippen molar-refractivity contribution >= 4 is 16.8 Å². The van der Waals surface area contributed by atoms with Crippen LogP contribution in [0, 0.1) is 0 Å². The first-order chi connectivity index (χ1) is 9.42. The Morgan fingerprint density at radius 2 is 2.05 bits per heavy atom. The molecule has 5 heteroatoms. The minimum Gasteiger partial charge on any atom is -0.413 e. The molecule has 0 fully saturated rings. The summed E-state index contributed by atoms with van der Waals surface area (Å²) < 4.78 is 10.2. The van der Waals surface area contributed by atoms with Crippen LogP contribution in [0.15, 0.2) is 47.7 Å². The van der Waals surface area contributed by atoms with Gasteiger partial charge in [0.2, 0.25) is 5.69 Å². The van der Waals surface area contributed by atoms with Crippen molar-refractivity contribution in [3.05, 3.63) is 48.8 Å². The van der Waals surface area contributed by atoms with Crippen molar-refractivity contribution in [2.24, 2.45) is 0 Å². The number of fused-ring (bicyclic) bond motifs is 7. The predicted octanol–water partition coefficient (Wildman–Crippen LogP) is 1.79. The molecule has 0 spiro atoms. The number of aromatic nitrogens is 4. The van der Waals surface area contributed by atoms with Crippen LogP contribution in [-0.4, -0.2) is 14.4 Å². The van der Waals surface area contributed by atoms with Crippen molar-refractivity contribution in [3.8, 4) is 11.3 Å². The first-order valence-corrected chi connectivity index (χ1v) is 6.12. The van der Waals surface area contributed by atoms with Crippen LogP contribution in [0.3, 0.4) is 0 Å². The molecule has 4 aromatic rings. The Balaban J connectivity index is 1.97. The molecule has 0 unspecified atom stereocenters. The van der Waals surface area contributed by atoms with Crippen LogP contribution in [0.4, 0.5) is 0 Å². The summed E-state index contributed by atoms with van der Waals surface area (Å²) in [5.74, 6) is 0. The topological polar surface area (TPSA) is 47.2 Å². The van der Waals surface area contributed by atoms with E-state index in [2.05, 4.69) is 25.3 Å². The second kappa shape index (κ2) is 3.00. The molecular formula is C14H9N4O+. The molecule has 1 aliphatic rings. The van der Waals surface area contributed by atoms with Gasteiger partial charge in [0, 0.05) is 35.8 Å². The highest BCUT2D eigenvalue weighted by Gasteiger charge is 2.32. The van der Waals surface area contributed by atoms with Gasteiger partial charge in [0.1, 0.15) is 6.54 Å². The van der Waals surface area contributed by atoms with Crippen LogP contribution >= 0.6 is 0 Å². The highest BCUT2D eigenvalue weighted by atomic mass is 16.3. The molecule has 0 amide bonds. The summed E-state index contributed by atoms with van der Waals surface area (Å²) in [4.78, 5) is 8.28. The molecule has 1 aliphatic heterocycles. The zero-order valence-electron chi connectivity index (χ0n) is 9.95. The van der Waals surface area contributed by atoms with Gasteiger partial charge in [0.25, 0.3) is 6.33 Å². The van der Waals surface area contributed by atoms with E-state index < -0.39 is 0 Å². The number of nitrogens with zero attached hydrogens (tertiary/aromatic N) is 4. The Morgan fingerprint density at radius 3 is 3.05 bits per heavy atom. The molecule has 4 aromatic heterocycles. The van der Waals surface area contributed by atoms with Gasteiger partial charge >= 0.3 is 5.71 Å². The molecule has 0 saturated heterocycles. The van der Waals surface area contributed by atoms with Crippen LogP contribution in [0.5, 0.6) is 0 Å². The van der Waals surface area contributed by atoms with Gasteiger partial charge in [0.05, 0.1) is 6.20 Å². The third-order valence-corrected chi connectivity index (χ3v) is 3.69. The third-order valence-electron chi connectivity index (χ3n) is 3.69. The molecule has 0 aromatic carbocycles. The Morgan fingerprint density at radius 1 is 1.16 bits per heavy atom. The zero-order valence-corrected chi connectivity index (χ0v) is 9.95. The van der Waals surface area contributed by atoms with E-state index in [-0.39, 0.29) is 0 Å². The number of imidazole rings is 1. The number of hydrogen-bond donors (Lipinski definition) is 0. The van der Waals surface area contributed by atoms with Crippen molar-refractivity contribution in [1.29, 1.82) is 0 Å². The minimum atomic E-state index is 0.809. The normalized spacial score (nSPS) is 13.1. The molecule has 0 saturated carbocycles. The summed E-state index contributed by atoms with van der Waals surface area (Å²) in [5.41, 5.74) is 6.27. The van der Waals surface area contributed by atoms with Crippen molar-refractivity contribution in [1.82, 2.24) is 14.4 Å². The van der Waals surface area contributed by atoms with E-state index in [1.807, 2.05) is 24.5 Å². The Labute approximate surface area is 107 Å². The number of pyridine rings is 2. The van der Waals surface area contributed by atoms with Gasteiger partial charge in [-0.25, -0.2) is 4.57 Å². The Bertz CT molecular complexity index is 951. The summed E-state index contributed by atoms with van der Waals surface area (Å²) in [5, 5.41) is 0. The van der Waals surface area contributed by atoms with Crippen molar-refractivity contribution < 1.29 is 8.98 Å². The lowest BCUT2D eigenvalue weighted by Gasteiger charge is -1.91. The molecule has 5 nitrogen and oxygen atoms in total. The van der Waals surface area contributed by atoms with Crippen LogP contribution in [0.25, 0.3) is 28.1 Å². The number of rotatable bonds is 0. The first kappa shape index (κ1) is 9.27. The summed E-state index contributed by atoms with van der Waals surface area (Å²) >= 11 is 0. The van der Waals surface area contributed by atoms with Crippen LogP contribution in [-0.2, 0) is 6.54 Å². The Kier molecular flexibility index (Phi) is 1.46. The van der Waals surface area contributed by atoms with Gasteiger partial charge in [-0.15, -0.1) is 0 Å². The van der Waals surface area contributed by atoms with Crippen molar-refractivity contribution in [3.63, 3.8) is 0 Å².